The Hall–Kier alpha value is -4.04. The highest BCUT2D eigenvalue weighted by Crippen LogP contribution is 2.27. The number of ether oxygens (including phenoxy) is 1. The van der Waals surface area contributed by atoms with Gasteiger partial charge in [-0.25, -0.2) is 13.5 Å². The van der Waals surface area contributed by atoms with Crippen molar-refractivity contribution in [2.24, 2.45) is 0 Å². The summed E-state index contributed by atoms with van der Waals surface area (Å²) in [4.78, 5) is 17.1. The largest absolute Gasteiger partial charge is 0.484 e. The zero-order valence-electron chi connectivity index (χ0n) is 21.3. The van der Waals surface area contributed by atoms with Gasteiger partial charge < -0.3 is 9.64 Å². The summed E-state index contributed by atoms with van der Waals surface area (Å²) in [5.74, 6) is -0.0357. The normalized spacial score (nSPS) is 13.2. The van der Waals surface area contributed by atoms with Crippen molar-refractivity contribution in [3.05, 3.63) is 113 Å². The van der Waals surface area contributed by atoms with E-state index >= 15 is 0 Å². The average Bonchev–Trinajstić information content (AvgIpc) is 3.30. The number of likely N-dealkylation sites (N-methyl/N-ethyl adjacent to an activating group) is 1. The van der Waals surface area contributed by atoms with Crippen LogP contribution in [0.15, 0.2) is 78.9 Å². The topological polar surface area (TPSA) is 50.6 Å². The zero-order chi connectivity index (χ0) is 26.5. The summed E-state index contributed by atoms with van der Waals surface area (Å²) in [5.41, 5.74) is 4.75. The fraction of sp³-hybridized carbons (Fsp3) is 0.267. The molecule has 1 aromatic heterocycles. The number of hydrogen-bond acceptors (Lipinski definition) is 4. The van der Waals surface area contributed by atoms with Crippen LogP contribution in [-0.2, 0) is 30.8 Å². The molecule has 1 aliphatic heterocycles. The van der Waals surface area contributed by atoms with E-state index in [0.29, 0.717) is 31.9 Å². The number of para-hydroxylation sites is 1. The average molecular weight is 517 g/mol. The number of rotatable bonds is 9. The number of hydrogen-bond donors (Lipinski definition) is 0. The van der Waals surface area contributed by atoms with Crippen molar-refractivity contribution in [2.45, 2.75) is 33.0 Å². The molecule has 0 radical (unpaired) electrons. The maximum Gasteiger partial charge on any atom is 0.260 e. The number of fused-ring (bicyclic) bond motifs is 1. The van der Waals surface area contributed by atoms with Crippen molar-refractivity contribution < 1.29 is 18.3 Å². The summed E-state index contributed by atoms with van der Waals surface area (Å²) < 4.78 is 34.6. The number of carbonyl (C=O) groups is 1. The van der Waals surface area contributed by atoms with Crippen molar-refractivity contribution in [3.8, 4) is 11.4 Å². The molecule has 1 aliphatic rings. The molecular weight excluding hydrogens is 486 g/mol. The molecule has 6 nitrogen and oxygen atoms in total. The van der Waals surface area contributed by atoms with Crippen LogP contribution in [0.25, 0.3) is 5.69 Å². The Kier molecular flexibility index (Phi) is 7.79. The predicted octanol–water partition coefficient (Wildman–Crippen LogP) is 5.14. The maximum absolute atomic E-state index is 13.6. The number of carbonyl (C=O) groups excluding carboxylic acids is 1. The van der Waals surface area contributed by atoms with Crippen LogP contribution >= 0.6 is 0 Å². The minimum absolute atomic E-state index is 0.0601. The van der Waals surface area contributed by atoms with Crippen molar-refractivity contribution in [1.82, 2.24) is 19.6 Å². The van der Waals surface area contributed by atoms with Crippen LogP contribution in [0, 0.1) is 11.6 Å². The molecule has 5 rings (SSSR count). The second-order valence-corrected chi connectivity index (χ2v) is 9.36. The highest BCUT2D eigenvalue weighted by molar-refractivity contribution is 5.77. The van der Waals surface area contributed by atoms with Gasteiger partial charge in [0.15, 0.2) is 6.61 Å². The van der Waals surface area contributed by atoms with Gasteiger partial charge in [-0.3, -0.25) is 9.69 Å². The molecule has 0 fully saturated rings. The first kappa shape index (κ1) is 25.6. The Labute approximate surface area is 221 Å². The molecule has 1 amide bonds. The van der Waals surface area contributed by atoms with Gasteiger partial charge in [0.1, 0.15) is 17.4 Å². The fourth-order valence-corrected chi connectivity index (χ4v) is 4.76. The minimum Gasteiger partial charge on any atom is -0.484 e. The van der Waals surface area contributed by atoms with E-state index in [4.69, 9.17) is 9.84 Å². The fourth-order valence-electron chi connectivity index (χ4n) is 4.76. The molecular formula is C30H30F2N4O2. The van der Waals surface area contributed by atoms with Gasteiger partial charge in [0.25, 0.3) is 5.91 Å². The Morgan fingerprint density at radius 2 is 1.66 bits per heavy atom. The van der Waals surface area contributed by atoms with Crippen molar-refractivity contribution in [2.75, 3.05) is 19.7 Å². The molecule has 0 N–H and O–H groups in total. The first-order valence-electron chi connectivity index (χ1n) is 12.8. The van der Waals surface area contributed by atoms with Crippen LogP contribution in [0.2, 0.25) is 0 Å². The standard InChI is InChI=1S/C30H30F2N4O2/c1-2-35(30(37)21-38-26-6-4-3-5-7-26)20-28-27-19-34(18-22-8-10-23(31)11-9-22)17-16-29(27)36(33-28)25-14-12-24(32)13-15-25/h3-15H,2,16-21H2,1H3. The summed E-state index contributed by atoms with van der Waals surface area (Å²) in [6.45, 7) is 4.86. The van der Waals surface area contributed by atoms with Crippen molar-refractivity contribution in [1.29, 1.82) is 0 Å². The SMILES string of the molecule is CCN(Cc1nn(-c2ccc(F)cc2)c2c1CN(Cc1ccc(F)cc1)CC2)C(=O)COc1ccccc1. The van der Waals surface area contributed by atoms with Crippen LogP contribution in [0.3, 0.4) is 0 Å². The number of nitrogens with zero attached hydrogens (tertiary/aromatic N) is 4. The second kappa shape index (κ2) is 11.6. The molecule has 0 unspecified atom stereocenters. The van der Waals surface area contributed by atoms with E-state index in [-0.39, 0.29) is 24.1 Å². The summed E-state index contributed by atoms with van der Waals surface area (Å²) in [7, 11) is 0. The molecule has 0 saturated heterocycles. The predicted molar refractivity (Wildman–Crippen MR) is 141 cm³/mol. The second-order valence-electron chi connectivity index (χ2n) is 9.36. The van der Waals surface area contributed by atoms with Gasteiger partial charge in [0.2, 0.25) is 0 Å². The van der Waals surface area contributed by atoms with Crippen LogP contribution in [-0.4, -0.2) is 45.2 Å². The van der Waals surface area contributed by atoms with Gasteiger partial charge in [-0.1, -0.05) is 30.3 Å². The molecule has 0 aliphatic carbocycles. The molecule has 4 aromatic rings. The van der Waals surface area contributed by atoms with Crippen LogP contribution < -0.4 is 4.74 Å². The Bertz CT molecular complexity index is 1370. The van der Waals surface area contributed by atoms with Gasteiger partial charge in [-0.2, -0.15) is 5.10 Å². The Balaban J connectivity index is 1.39. The monoisotopic (exact) mass is 516 g/mol. The van der Waals surface area contributed by atoms with Gasteiger partial charge in [-0.15, -0.1) is 0 Å². The summed E-state index contributed by atoms with van der Waals surface area (Å²) in [6.07, 6.45) is 0.748. The molecule has 3 aromatic carbocycles. The first-order chi connectivity index (χ1) is 18.5. The van der Waals surface area contributed by atoms with Crippen LogP contribution in [0.5, 0.6) is 5.75 Å². The van der Waals surface area contributed by atoms with E-state index in [1.54, 1.807) is 29.2 Å². The number of amides is 1. The van der Waals surface area contributed by atoms with Crippen molar-refractivity contribution in [3.63, 3.8) is 0 Å². The molecule has 0 bridgehead atoms. The first-order valence-corrected chi connectivity index (χ1v) is 12.8. The molecule has 0 atom stereocenters. The lowest BCUT2D eigenvalue weighted by Gasteiger charge is -2.28. The lowest BCUT2D eigenvalue weighted by molar-refractivity contribution is -0.133. The summed E-state index contributed by atoms with van der Waals surface area (Å²) in [6, 6.07) is 22.1. The lowest BCUT2D eigenvalue weighted by atomic mass is 10.0. The highest BCUT2D eigenvalue weighted by atomic mass is 19.1. The number of halogens is 2. The number of benzene rings is 3. The lowest BCUT2D eigenvalue weighted by Crippen LogP contribution is -2.35. The van der Waals surface area contributed by atoms with E-state index < -0.39 is 0 Å². The summed E-state index contributed by atoms with van der Waals surface area (Å²) >= 11 is 0. The van der Waals surface area contributed by atoms with E-state index in [1.165, 1.54) is 24.3 Å². The van der Waals surface area contributed by atoms with Gasteiger partial charge in [-0.05, 0) is 61.0 Å². The van der Waals surface area contributed by atoms with Gasteiger partial charge in [0.05, 0.1) is 23.6 Å². The van der Waals surface area contributed by atoms with Gasteiger partial charge in [0, 0.05) is 38.2 Å². The molecule has 196 valence electrons. The van der Waals surface area contributed by atoms with E-state index in [9.17, 15) is 13.6 Å². The third-order valence-electron chi connectivity index (χ3n) is 6.79. The quantitative estimate of drug-likeness (QED) is 0.309. The molecule has 0 saturated carbocycles. The smallest absolute Gasteiger partial charge is 0.260 e. The minimum atomic E-state index is -0.304. The van der Waals surface area contributed by atoms with E-state index in [2.05, 4.69) is 4.90 Å². The van der Waals surface area contributed by atoms with Crippen molar-refractivity contribution >= 4 is 5.91 Å². The third kappa shape index (κ3) is 5.92. The zero-order valence-corrected chi connectivity index (χ0v) is 21.3. The molecule has 0 spiro atoms. The van der Waals surface area contributed by atoms with E-state index in [1.807, 2.05) is 41.9 Å². The third-order valence-corrected chi connectivity index (χ3v) is 6.79. The van der Waals surface area contributed by atoms with Crippen LogP contribution in [0.4, 0.5) is 8.78 Å². The number of aromatic nitrogens is 2. The van der Waals surface area contributed by atoms with Crippen LogP contribution in [0.1, 0.15) is 29.4 Å². The van der Waals surface area contributed by atoms with E-state index in [0.717, 1.165) is 41.2 Å². The van der Waals surface area contributed by atoms with Gasteiger partial charge >= 0.3 is 0 Å². The Morgan fingerprint density at radius 1 is 0.974 bits per heavy atom. The molecule has 38 heavy (non-hydrogen) atoms. The Morgan fingerprint density at radius 3 is 2.34 bits per heavy atom. The summed E-state index contributed by atoms with van der Waals surface area (Å²) in [5, 5.41) is 4.92. The molecule has 2 heterocycles. The molecule has 8 heteroatoms. The highest BCUT2D eigenvalue weighted by Gasteiger charge is 2.27. The maximum atomic E-state index is 13.6.